The molecular weight excluding hydrogens is 372 g/mol. The first kappa shape index (κ1) is 20.6. The van der Waals surface area contributed by atoms with E-state index in [4.69, 9.17) is 13.9 Å². The minimum Gasteiger partial charge on any atom is -0.468 e. The monoisotopic (exact) mass is 398 g/mol. The van der Waals surface area contributed by atoms with Crippen molar-refractivity contribution in [3.05, 3.63) is 58.8 Å². The van der Waals surface area contributed by atoms with Crippen LogP contribution < -0.4 is 5.32 Å². The number of allylic oxidation sites excluding steroid dienone is 3. The highest BCUT2D eigenvalue weighted by Crippen LogP contribution is 2.39. The number of aliphatic imine (C=N–C) groups is 1. The van der Waals surface area contributed by atoms with E-state index in [0.717, 1.165) is 5.71 Å². The van der Waals surface area contributed by atoms with Crippen LogP contribution in [0.3, 0.4) is 0 Å². The van der Waals surface area contributed by atoms with Crippen molar-refractivity contribution in [2.24, 2.45) is 4.99 Å². The Hall–Kier alpha value is -3.09. The molecule has 0 bridgehead atoms. The Morgan fingerprint density at radius 1 is 1.21 bits per heavy atom. The topological polar surface area (TPSA) is 90.1 Å². The first-order valence-corrected chi connectivity index (χ1v) is 9.49. The summed E-state index contributed by atoms with van der Waals surface area (Å²) in [4.78, 5) is 30.1. The van der Waals surface area contributed by atoms with Gasteiger partial charge in [0.15, 0.2) is 0 Å². The van der Waals surface area contributed by atoms with E-state index in [9.17, 15) is 9.59 Å². The second-order valence-electron chi connectivity index (χ2n) is 7.47. The molecule has 0 fully saturated rings. The van der Waals surface area contributed by atoms with Gasteiger partial charge in [-0.1, -0.05) is 6.08 Å². The van der Waals surface area contributed by atoms with E-state index in [2.05, 4.69) is 10.3 Å². The lowest BCUT2D eigenvalue weighted by molar-refractivity contribution is -0.139. The molecule has 3 rings (SSSR count). The van der Waals surface area contributed by atoms with Gasteiger partial charge in [-0.15, -0.1) is 0 Å². The number of dihydropyridines is 1. The highest BCUT2D eigenvalue weighted by molar-refractivity contribution is 5.99. The molecule has 0 saturated heterocycles. The van der Waals surface area contributed by atoms with Gasteiger partial charge in [0.25, 0.3) is 0 Å². The van der Waals surface area contributed by atoms with Gasteiger partial charge in [-0.3, -0.25) is 4.99 Å². The van der Waals surface area contributed by atoms with Gasteiger partial charge >= 0.3 is 11.9 Å². The molecule has 0 spiro atoms. The lowest BCUT2D eigenvalue weighted by Crippen LogP contribution is -2.32. The predicted molar refractivity (Wildman–Crippen MR) is 108 cm³/mol. The van der Waals surface area contributed by atoms with Crippen molar-refractivity contribution >= 4 is 17.7 Å². The van der Waals surface area contributed by atoms with Crippen molar-refractivity contribution in [3.63, 3.8) is 0 Å². The molecule has 3 heterocycles. The smallest absolute Gasteiger partial charge is 0.336 e. The zero-order valence-corrected chi connectivity index (χ0v) is 17.4. The van der Waals surface area contributed by atoms with Crippen molar-refractivity contribution in [1.29, 1.82) is 0 Å². The van der Waals surface area contributed by atoms with E-state index >= 15 is 0 Å². The van der Waals surface area contributed by atoms with Gasteiger partial charge < -0.3 is 19.2 Å². The number of nitrogens with zero attached hydrogens (tertiary/aromatic N) is 1. The van der Waals surface area contributed by atoms with E-state index in [1.807, 2.05) is 26.0 Å². The number of carbonyl (C=O) groups excluding carboxylic acids is 2. The molecule has 2 atom stereocenters. The number of rotatable bonds is 6. The Morgan fingerprint density at radius 2 is 1.90 bits per heavy atom. The number of nitrogens with one attached hydrogen (secondary N) is 1. The van der Waals surface area contributed by atoms with Crippen LogP contribution in [0.1, 0.15) is 45.8 Å². The van der Waals surface area contributed by atoms with Crippen LogP contribution >= 0.6 is 0 Å². The molecule has 0 radical (unpaired) electrons. The average molecular weight is 398 g/mol. The summed E-state index contributed by atoms with van der Waals surface area (Å²) < 4.78 is 16.1. The van der Waals surface area contributed by atoms with E-state index in [0.29, 0.717) is 34.7 Å². The van der Waals surface area contributed by atoms with Gasteiger partial charge in [-0.25, -0.2) is 9.59 Å². The predicted octanol–water partition coefficient (Wildman–Crippen LogP) is 3.41. The molecular formula is C22H26N2O5. The van der Waals surface area contributed by atoms with Crippen LogP contribution in [-0.2, 0) is 19.1 Å². The fraction of sp³-hybridized carbons (Fsp3) is 0.409. The van der Waals surface area contributed by atoms with Crippen molar-refractivity contribution in [3.8, 4) is 0 Å². The summed E-state index contributed by atoms with van der Waals surface area (Å²) >= 11 is 0. The maximum absolute atomic E-state index is 13.0. The molecule has 7 heteroatoms. The molecule has 2 unspecified atom stereocenters. The SMILES string of the molecule is COC(=O)C1=C(C)NC(C)=C(C(=O)OCCC2(C)C=CC(C)=N2)C1c1ccco1. The van der Waals surface area contributed by atoms with Gasteiger partial charge in [-0.2, -0.15) is 0 Å². The summed E-state index contributed by atoms with van der Waals surface area (Å²) in [5.41, 5.74) is 2.47. The third-order valence-corrected chi connectivity index (χ3v) is 5.17. The second-order valence-corrected chi connectivity index (χ2v) is 7.47. The standard InChI is InChI=1S/C22H26N2O5/c1-13-8-9-22(4,24-13)10-12-29-21(26)18-15(3)23-14(2)17(20(25)27-5)19(18)16-7-6-11-28-16/h6-9,11,19,23H,10,12H2,1-5H3. The van der Waals surface area contributed by atoms with Crippen LogP contribution in [0, 0.1) is 0 Å². The van der Waals surface area contributed by atoms with Crippen molar-refractivity contribution in [2.45, 2.75) is 45.6 Å². The average Bonchev–Trinajstić information content (AvgIpc) is 3.30. The maximum Gasteiger partial charge on any atom is 0.336 e. The van der Waals surface area contributed by atoms with Crippen LogP contribution in [0.5, 0.6) is 0 Å². The van der Waals surface area contributed by atoms with Crippen LogP contribution in [0.25, 0.3) is 0 Å². The van der Waals surface area contributed by atoms with Gasteiger partial charge in [0, 0.05) is 23.5 Å². The Morgan fingerprint density at radius 3 is 2.45 bits per heavy atom. The zero-order valence-electron chi connectivity index (χ0n) is 17.4. The summed E-state index contributed by atoms with van der Waals surface area (Å²) in [6, 6.07) is 3.45. The van der Waals surface area contributed by atoms with Crippen molar-refractivity contribution < 1.29 is 23.5 Å². The Bertz CT molecular complexity index is 936. The maximum atomic E-state index is 13.0. The highest BCUT2D eigenvalue weighted by Gasteiger charge is 2.39. The van der Waals surface area contributed by atoms with Crippen LogP contribution in [0.15, 0.2) is 62.5 Å². The number of carbonyl (C=O) groups is 2. The minimum atomic E-state index is -0.701. The number of furan rings is 1. The van der Waals surface area contributed by atoms with Crippen LogP contribution in [0.4, 0.5) is 0 Å². The number of methoxy groups -OCH3 is 1. The van der Waals surface area contributed by atoms with Gasteiger partial charge in [0.2, 0.25) is 0 Å². The molecule has 0 aromatic carbocycles. The minimum absolute atomic E-state index is 0.203. The van der Waals surface area contributed by atoms with E-state index < -0.39 is 17.9 Å². The molecule has 0 saturated carbocycles. The summed E-state index contributed by atoms with van der Waals surface area (Å²) in [5, 5.41) is 3.10. The molecule has 2 aliphatic heterocycles. The summed E-state index contributed by atoms with van der Waals surface area (Å²) in [6.45, 7) is 7.68. The van der Waals surface area contributed by atoms with E-state index in [1.165, 1.54) is 13.4 Å². The molecule has 154 valence electrons. The fourth-order valence-corrected chi connectivity index (χ4v) is 3.73. The Labute approximate surface area is 170 Å². The van der Waals surface area contributed by atoms with Crippen molar-refractivity contribution in [2.75, 3.05) is 13.7 Å². The lowest BCUT2D eigenvalue weighted by Gasteiger charge is -2.29. The lowest BCUT2D eigenvalue weighted by atomic mass is 9.83. The molecule has 1 N–H and O–H groups in total. The highest BCUT2D eigenvalue weighted by atomic mass is 16.5. The molecule has 1 aromatic rings. The first-order chi connectivity index (χ1) is 13.8. The van der Waals surface area contributed by atoms with E-state index in [1.54, 1.807) is 26.0 Å². The number of ether oxygens (including phenoxy) is 2. The molecule has 2 aliphatic rings. The summed E-state index contributed by atoms with van der Waals surface area (Å²) in [7, 11) is 1.31. The van der Waals surface area contributed by atoms with Crippen LogP contribution in [0.2, 0.25) is 0 Å². The molecule has 0 amide bonds. The number of hydrogen-bond acceptors (Lipinski definition) is 7. The Balaban J connectivity index is 1.83. The van der Waals surface area contributed by atoms with Crippen molar-refractivity contribution in [1.82, 2.24) is 5.32 Å². The third-order valence-electron chi connectivity index (χ3n) is 5.17. The number of hydrogen-bond donors (Lipinski definition) is 1. The van der Waals surface area contributed by atoms with Gasteiger partial charge in [0.1, 0.15) is 5.76 Å². The quantitative estimate of drug-likeness (QED) is 0.739. The van der Waals surface area contributed by atoms with E-state index in [-0.39, 0.29) is 12.1 Å². The molecule has 1 aromatic heterocycles. The molecule has 7 nitrogen and oxygen atoms in total. The third kappa shape index (κ3) is 4.18. The normalized spacial score (nSPS) is 23.8. The van der Waals surface area contributed by atoms with Crippen LogP contribution in [-0.4, -0.2) is 36.9 Å². The second kappa shape index (κ2) is 8.11. The summed E-state index contributed by atoms with van der Waals surface area (Å²) in [5.74, 6) is -1.25. The van der Waals surface area contributed by atoms with Gasteiger partial charge in [0.05, 0.1) is 42.6 Å². The van der Waals surface area contributed by atoms with Gasteiger partial charge in [-0.05, 0) is 45.9 Å². The largest absolute Gasteiger partial charge is 0.468 e. The number of esters is 2. The zero-order chi connectivity index (χ0) is 21.2. The summed E-state index contributed by atoms with van der Waals surface area (Å²) in [6.07, 6.45) is 6.04. The fourth-order valence-electron chi connectivity index (χ4n) is 3.73. The Kier molecular flexibility index (Phi) is 5.77. The molecule has 29 heavy (non-hydrogen) atoms. The molecule has 0 aliphatic carbocycles. The first-order valence-electron chi connectivity index (χ1n) is 9.49.